The van der Waals surface area contributed by atoms with Crippen LogP contribution in [0.25, 0.3) is 50.6 Å². The molecule has 71 heavy (non-hydrogen) atoms. The maximum absolute atomic E-state index is 14.6. The number of hydrogen-bond acceptors (Lipinski definition) is 11. The number of methoxy groups -OCH3 is 2. The molecule has 5 aromatic carbocycles. The van der Waals surface area contributed by atoms with E-state index >= 15 is 0 Å². The second-order valence-corrected chi connectivity index (χ2v) is 19.2. The van der Waals surface area contributed by atoms with Crippen molar-refractivity contribution in [3.8, 4) is 68.6 Å². The zero-order chi connectivity index (χ0) is 50.7. The molecule has 3 heterocycles. The van der Waals surface area contributed by atoms with E-state index in [0.29, 0.717) is 58.0 Å². The Kier molecular flexibility index (Phi) is 12.7. The molecular formula is C48H48N7O14P2+. The van der Waals surface area contributed by atoms with Crippen molar-refractivity contribution < 1.29 is 62.1 Å². The number of aromatic amines is 2. The van der Waals surface area contributed by atoms with Gasteiger partial charge < -0.3 is 33.3 Å². The quantitative estimate of drug-likeness (QED) is 0.0415. The van der Waals surface area contributed by atoms with Gasteiger partial charge in [-0.3, -0.25) is 19.6 Å². The van der Waals surface area contributed by atoms with Gasteiger partial charge in [0.1, 0.15) is 34.2 Å². The minimum atomic E-state index is -5.14. The highest BCUT2D eigenvalue weighted by Crippen LogP contribution is 2.46. The van der Waals surface area contributed by atoms with Gasteiger partial charge in [-0.2, -0.15) is 10.2 Å². The molecule has 0 fully saturated rings. The third-order valence-electron chi connectivity index (χ3n) is 12.5. The number of phenols is 2. The normalized spacial score (nSPS) is 13.8. The average Bonchev–Trinajstić information content (AvgIpc) is 4.00. The van der Waals surface area contributed by atoms with E-state index in [9.17, 15) is 48.5 Å². The molecular weight excluding hydrogens is 961 g/mol. The molecule has 1 unspecified atom stereocenters. The van der Waals surface area contributed by atoms with Crippen LogP contribution in [0.2, 0.25) is 0 Å². The summed E-state index contributed by atoms with van der Waals surface area (Å²) in [6.07, 6.45) is 4.91. The number of phosphoric ester groups is 2. The molecule has 0 radical (unpaired) electrons. The predicted molar refractivity (Wildman–Crippen MR) is 260 cm³/mol. The van der Waals surface area contributed by atoms with Gasteiger partial charge in [0.15, 0.2) is 23.4 Å². The Morgan fingerprint density at radius 3 is 2.08 bits per heavy atom. The van der Waals surface area contributed by atoms with Gasteiger partial charge in [0.05, 0.1) is 25.5 Å². The van der Waals surface area contributed by atoms with Gasteiger partial charge in [0.25, 0.3) is 0 Å². The Morgan fingerprint density at radius 1 is 0.732 bits per heavy atom. The van der Waals surface area contributed by atoms with E-state index in [-0.39, 0.29) is 47.1 Å². The Morgan fingerprint density at radius 2 is 1.39 bits per heavy atom. The van der Waals surface area contributed by atoms with E-state index in [4.69, 9.17) is 18.5 Å². The molecule has 1 aliphatic carbocycles. The third kappa shape index (κ3) is 9.41. The number of nitrogens with zero attached hydrogens (tertiary/aromatic N) is 5. The molecule has 21 nitrogen and oxygen atoms in total. The van der Waals surface area contributed by atoms with Gasteiger partial charge in [0.2, 0.25) is 0 Å². The second-order valence-electron chi connectivity index (χ2n) is 16.9. The Balaban J connectivity index is 1.20. The summed E-state index contributed by atoms with van der Waals surface area (Å²) in [6, 6.07) is 22.4. The van der Waals surface area contributed by atoms with E-state index in [1.54, 1.807) is 54.1 Å². The van der Waals surface area contributed by atoms with Crippen molar-refractivity contribution in [2.45, 2.75) is 45.6 Å². The molecule has 0 bridgehead atoms. The van der Waals surface area contributed by atoms with Crippen LogP contribution in [0.4, 0.5) is 0 Å². The van der Waals surface area contributed by atoms with Gasteiger partial charge in [0, 0.05) is 48.3 Å². The van der Waals surface area contributed by atoms with E-state index in [1.807, 2.05) is 55.1 Å². The number of aromatic nitrogens is 7. The van der Waals surface area contributed by atoms with Crippen LogP contribution in [-0.4, -0.2) is 73.0 Å². The first-order valence-electron chi connectivity index (χ1n) is 22.0. The third-order valence-corrected chi connectivity index (χ3v) is 13.4. The molecule has 8 aromatic rings. The Bertz CT molecular complexity index is 3670. The highest BCUT2D eigenvalue weighted by molar-refractivity contribution is 7.47. The van der Waals surface area contributed by atoms with Crippen molar-refractivity contribution in [3.63, 3.8) is 0 Å². The van der Waals surface area contributed by atoms with E-state index in [2.05, 4.69) is 15.3 Å². The van der Waals surface area contributed by atoms with Crippen LogP contribution in [0.1, 0.15) is 54.1 Å². The number of rotatable bonds is 15. The molecule has 0 saturated carbocycles. The summed E-state index contributed by atoms with van der Waals surface area (Å²) in [5, 5.41) is 33.6. The Hall–Kier alpha value is -7.64. The van der Waals surface area contributed by atoms with E-state index < -0.39 is 44.6 Å². The zero-order valence-electron chi connectivity index (χ0n) is 38.7. The predicted octanol–water partition coefficient (Wildman–Crippen LogP) is 6.27. The van der Waals surface area contributed by atoms with E-state index in [1.165, 1.54) is 29.4 Å². The fourth-order valence-corrected chi connectivity index (χ4v) is 9.99. The largest absolute Gasteiger partial charge is 0.524 e. The lowest BCUT2D eigenvalue weighted by atomic mass is 9.87. The van der Waals surface area contributed by atoms with Crippen molar-refractivity contribution in [2.75, 3.05) is 14.2 Å². The zero-order valence-corrected chi connectivity index (χ0v) is 40.5. The monoisotopic (exact) mass is 1010 g/mol. The SMILES string of the molecule is CCc1cc(-c2n[nH]c(=O)n2-c2ccc3c(c2)C(C)=CCC3[n+]2[nH]c(=O)n(-c3ccc4c(ccn4C)c3)c2-c2cc(CCc3ccc(OC)c(OC)c3)c(OP(=O)(O)O)cc2O)c(O)cc1OP(=O)(O)O. The molecule has 1 aliphatic rings. The minimum Gasteiger partial charge on any atom is -0.507 e. The van der Waals surface area contributed by atoms with Crippen LogP contribution in [0.5, 0.6) is 34.5 Å². The number of phosphoric acid groups is 2. The lowest BCUT2D eigenvalue weighted by Gasteiger charge is -2.24. The number of H-pyrrole nitrogens is 2. The first-order chi connectivity index (χ1) is 33.7. The summed E-state index contributed by atoms with van der Waals surface area (Å²) in [4.78, 5) is 67.1. The molecule has 3 aromatic heterocycles. The highest BCUT2D eigenvalue weighted by Gasteiger charge is 2.37. The standard InChI is InChI=1S/C48H47N7O14P2/c1-6-28-21-35(39(56)24-42(28)68-70(60,61)62)45-49-50-47(58)53(45)32-11-13-33-34(23-32)26(2)7-14-38(33)55-46(54(48(59)51-55)31-12-15-37-29(20-31)17-18-52(37)3)36-22-30(43(25-40(36)57)69-71(63,64)65)10-8-27-9-16-41(66-4)44(19-27)67-5/h7,9,11-13,15-25,38H,6,8,10,14H2,1-5H3,(H7,49,50,51,56,58,59,60,61,62,63,64,65)/p+1. The first kappa shape index (κ1) is 48.4. The van der Waals surface area contributed by atoms with E-state index in [0.717, 1.165) is 34.2 Å². The topological polar surface area (TPSA) is 290 Å². The van der Waals surface area contributed by atoms with Crippen molar-refractivity contribution in [3.05, 3.63) is 146 Å². The van der Waals surface area contributed by atoms with Gasteiger partial charge in [-0.1, -0.05) is 25.1 Å². The molecule has 368 valence electrons. The van der Waals surface area contributed by atoms with Gasteiger partial charge in [-0.05, 0) is 115 Å². The lowest BCUT2D eigenvalue weighted by Crippen LogP contribution is -2.46. The number of ether oxygens (including phenoxy) is 2. The van der Waals surface area contributed by atoms with Gasteiger partial charge >= 0.3 is 32.8 Å². The summed E-state index contributed by atoms with van der Waals surface area (Å²) in [7, 11) is -5.20. The number of fused-ring (bicyclic) bond motifs is 2. The number of phenolic OH excluding ortho intramolecular Hbond substituents is 2. The summed E-state index contributed by atoms with van der Waals surface area (Å²) in [5.41, 5.74) is 4.28. The first-order valence-corrected chi connectivity index (χ1v) is 25.1. The summed E-state index contributed by atoms with van der Waals surface area (Å²) >= 11 is 0. The number of aryl methyl sites for hydroxylation is 4. The fraction of sp³-hybridized carbons (Fsp3) is 0.208. The van der Waals surface area contributed by atoms with Gasteiger partial charge in [-0.25, -0.2) is 28.4 Å². The van der Waals surface area contributed by atoms with Crippen LogP contribution in [-0.2, 0) is 35.4 Å². The average molecular weight is 1010 g/mol. The van der Waals surface area contributed by atoms with Crippen LogP contribution < -0.4 is 34.6 Å². The van der Waals surface area contributed by atoms with Crippen LogP contribution in [0, 0.1) is 0 Å². The van der Waals surface area contributed by atoms with Crippen LogP contribution in [0.3, 0.4) is 0 Å². The fourth-order valence-electron chi connectivity index (χ4n) is 9.13. The van der Waals surface area contributed by atoms with Crippen LogP contribution >= 0.6 is 15.6 Å². The Labute approximate surface area is 403 Å². The number of hydrogen-bond donors (Lipinski definition) is 8. The number of benzene rings is 5. The number of aromatic hydroxyl groups is 2. The maximum atomic E-state index is 14.6. The maximum Gasteiger partial charge on any atom is 0.524 e. The second kappa shape index (κ2) is 18.6. The molecule has 9 rings (SSSR count). The van der Waals surface area contributed by atoms with Crippen molar-refractivity contribution in [1.82, 2.24) is 29.0 Å². The molecule has 8 N–H and O–H groups in total. The number of allylic oxidation sites excluding steroid dienone is 2. The summed E-state index contributed by atoms with van der Waals surface area (Å²) in [5.74, 6) is -0.246. The summed E-state index contributed by atoms with van der Waals surface area (Å²) < 4.78 is 51.2. The van der Waals surface area contributed by atoms with Gasteiger partial charge in [-0.15, -0.1) is 9.25 Å². The van der Waals surface area contributed by atoms with Crippen molar-refractivity contribution >= 4 is 32.1 Å². The van der Waals surface area contributed by atoms with Crippen molar-refractivity contribution in [2.24, 2.45) is 7.05 Å². The molecule has 0 aliphatic heterocycles. The van der Waals surface area contributed by atoms with Crippen molar-refractivity contribution in [1.29, 1.82) is 0 Å². The lowest BCUT2D eigenvalue weighted by molar-refractivity contribution is -0.757. The number of nitrogens with one attached hydrogen (secondary N) is 2. The molecule has 23 heteroatoms. The smallest absolute Gasteiger partial charge is 0.507 e. The molecule has 1 atom stereocenters. The molecule has 0 spiro atoms. The van der Waals surface area contributed by atoms with Crippen LogP contribution in [0.15, 0.2) is 107 Å². The molecule has 0 saturated heterocycles. The highest BCUT2D eigenvalue weighted by atomic mass is 31.2. The summed E-state index contributed by atoms with van der Waals surface area (Å²) in [6.45, 7) is 3.61. The minimum absolute atomic E-state index is 0.00379. The molecule has 0 amide bonds.